The Morgan fingerprint density at radius 3 is 1.83 bits per heavy atom. The SMILES string of the molecule is COc1ccc(F)cc1C(=CC1C[C@H]2CC[C@@H](C1)N2C)c1cc(F)ccc1OC. The van der Waals surface area contributed by atoms with Gasteiger partial charge in [0.15, 0.2) is 0 Å². The standard InChI is InChI=1S/C24H27F2NO2/c1-27-18-6-7-19(27)11-15(10-18)12-20(21-13-16(25)4-8-23(21)28-2)22-14-17(26)5-9-24(22)29-3/h4-5,8-9,12-15,18-19H,6-7,10-11H2,1-3H3/t15?,18-,19+. The van der Waals surface area contributed by atoms with E-state index in [-0.39, 0.29) is 11.6 Å². The fourth-order valence-electron chi connectivity index (χ4n) is 4.93. The van der Waals surface area contributed by atoms with Crippen LogP contribution in [0.3, 0.4) is 0 Å². The first-order chi connectivity index (χ1) is 14.0. The van der Waals surface area contributed by atoms with E-state index in [1.54, 1.807) is 26.4 Å². The van der Waals surface area contributed by atoms with Crippen molar-refractivity contribution in [1.82, 2.24) is 4.90 Å². The van der Waals surface area contributed by atoms with E-state index in [0.29, 0.717) is 40.6 Å². The smallest absolute Gasteiger partial charge is 0.126 e. The van der Waals surface area contributed by atoms with Gasteiger partial charge in [0.25, 0.3) is 0 Å². The van der Waals surface area contributed by atoms with E-state index < -0.39 is 0 Å². The first-order valence-corrected chi connectivity index (χ1v) is 10.1. The summed E-state index contributed by atoms with van der Waals surface area (Å²) in [4.78, 5) is 2.48. The maximum absolute atomic E-state index is 14.2. The molecular weight excluding hydrogens is 372 g/mol. The third kappa shape index (κ3) is 3.88. The predicted molar refractivity (Wildman–Crippen MR) is 110 cm³/mol. The molecule has 0 radical (unpaired) electrons. The van der Waals surface area contributed by atoms with Crippen molar-refractivity contribution in [3.63, 3.8) is 0 Å². The highest BCUT2D eigenvalue weighted by Crippen LogP contribution is 2.42. The van der Waals surface area contributed by atoms with Crippen LogP contribution in [0, 0.1) is 17.6 Å². The first kappa shape index (κ1) is 19.9. The van der Waals surface area contributed by atoms with Crippen molar-refractivity contribution in [3.8, 4) is 11.5 Å². The molecular formula is C24H27F2NO2. The molecule has 29 heavy (non-hydrogen) atoms. The van der Waals surface area contributed by atoms with E-state index in [9.17, 15) is 8.78 Å². The molecule has 2 aromatic rings. The molecule has 3 nitrogen and oxygen atoms in total. The fraction of sp³-hybridized carbons (Fsp3) is 0.417. The van der Waals surface area contributed by atoms with Crippen LogP contribution >= 0.6 is 0 Å². The molecule has 0 amide bonds. The number of rotatable bonds is 5. The molecule has 2 bridgehead atoms. The van der Waals surface area contributed by atoms with Gasteiger partial charge in [-0.1, -0.05) is 6.08 Å². The third-order valence-corrected chi connectivity index (χ3v) is 6.44. The minimum atomic E-state index is -0.356. The molecule has 0 aromatic heterocycles. The number of halogens is 2. The average molecular weight is 399 g/mol. The van der Waals surface area contributed by atoms with E-state index in [1.807, 2.05) is 0 Å². The lowest BCUT2D eigenvalue weighted by atomic mass is 9.85. The quantitative estimate of drug-likeness (QED) is 0.682. The van der Waals surface area contributed by atoms with Gasteiger partial charge in [-0.25, -0.2) is 8.78 Å². The number of methoxy groups -OCH3 is 2. The lowest BCUT2D eigenvalue weighted by molar-refractivity contribution is 0.152. The summed E-state index contributed by atoms with van der Waals surface area (Å²) in [5, 5.41) is 0. The van der Waals surface area contributed by atoms with E-state index in [1.165, 1.54) is 37.1 Å². The van der Waals surface area contributed by atoms with E-state index in [2.05, 4.69) is 18.0 Å². The number of fused-ring (bicyclic) bond motifs is 2. The third-order valence-electron chi connectivity index (χ3n) is 6.44. The number of allylic oxidation sites excluding steroid dienone is 1. The number of ether oxygens (including phenoxy) is 2. The predicted octanol–water partition coefficient (Wildman–Crippen LogP) is 5.29. The monoisotopic (exact) mass is 399 g/mol. The molecule has 0 spiro atoms. The topological polar surface area (TPSA) is 21.7 Å². The zero-order chi connectivity index (χ0) is 20.5. The Morgan fingerprint density at radius 1 is 0.897 bits per heavy atom. The second-order valence-electron chi connectivity index (χ2n) is 8.05. The van der Waals surface area contributed by atoms with Gasteiger partial charge in [-0.3, -0.25) is 0 Å². The molecule has 0 aliphatic carbocycles. The maximum Gasteiger partial charge on any atom is 0.126 e. The van der Waals surface area contributed by atoms with Gasteiger partial charge in [0, 0.05) is 23.2 Å². The summed E-state index contributed by atoms with van der Waals surface area (Å²) in [7, 11) is 5.33. The van der Waals surface area contributed by atoms with Crippen molar-refractivity contribution >= 4 is 5.57 Å². The second-order valence-corrected chi connectivity index (χ2v) is 8.05. The second kappa shape index (κ2) is 8.15. The van der Waals surface area contributed by atoms with Gasteiger partial charge in [-0.15, -0.1) is 0 Å². The molecule has 5 heteroatoms. The van der Waals surface area contributed by atoms with Crippen LogP contribution in [-0.4, -0.2) is 38.3 Å². The van der Waals surface area contributed by atoms with Crippen molar-refractivity contribution in [1.29, 1.82) is 0 Å². The summed E-state index contributed by atoms with van der Waals surface area (Å²) in [6.07, 6.45) is 6.70. The van der Waals surface area contributed by atoms with Gasteiger partial charge in [0.1, 0.15) is 23.1 Å². The molecule has 154 valence electrons. The minimum Gasteiger partial charge on any atom is -0.496 e. The molecule has 4 rings (SSSR count). The summed E-state index contributed by atoms with van der Waals surface area (Å²) >= 11 is 0. The summed E-state index contributed by atoms with van der Waals surface area (Å²) < 4.78 is 39.4. The lowest BCUT2D eigenvalue weighted by Crippen LogP contribution is -2.39. The zero-order valence-corrected chi connectivity index (χ0v) is 17.1. The van der Waals surface area contributed by atoms with Gasteiger partial charge in [-0.05, 0) is 80.6 Å². The van der Waals surface area contributed by atoms with Crippen LogP contribution < -0.4 is 9.47 Å². The minimum absolute atomic E-state index is 0.333. The van der Waals surface area contributed by atoms with Crippen LogP contribution in [0.1, 0.15) is 36.8 Å². The van der Waals surface area contributed by atoms with Crippen molar-refractivity contribution in [2.75, 3.05) is 21.3 Å². The van der Waals surface area contributed by atoms with Crippen LogP contribution in [0.2, 0.25) is 0 Å². The van der Waals surface area contributed by atoms with Gasteiger partial charge in [-0.2, -0.15) is 0 Å². The normalized spacial score (nSPS) is 23.7. The van der Waals surface area contributed by atoms with Crippen LogP contribution in [0.15, 0.2) is 42.5 Å². The fourth-order valence-corrected chi connectivity index (χ4v) is 4.93. The molecule has 2 fully saturated rings. The van der Waals surface area contributed by atoms with E-state index >= 15 is 0 Å². The number of hydrogen-bond acceptors (Lipinski definition) is 3. The van der Waals surface area contributed by atoms with Gasteiger partial charge in [0.2, 0.25) is 0 Å². The molecule has 0 saturated carbocycles. The zero-order valence-electron chi connectivity index (χ0n) is 17.1. The van der Waals surface area contributed by atoms with Crippen LogP contribution in [0.5, 0.6) is 11.5 Å². The Bertz CT molecular complexity index is 858. The van der Waals surface area contributed by atoms with E-state index in [0.717, 1.165) is 18.4 Å². The highest BCUT2D eigenvalue weighted by Gasteiger charge is 2.38. The number of piperidine rings is 1. The largest absolute Gasteiger partial charge is 0.496 e. The summed E-state index contributed by atoms with van der Waals surface area (Å²) in [5.41, 5.74) is 1.98. The molecule has 3 atom stereocenters. The van der Waals surface area contributed by atoms with Gasteiger partial charge >= 0.3 is 0 Å². The molecule has 2 heterocycles. The average Bonchev–Trinajstić information content (AvgIpc) is 2.92. The van der Waals surface area contributed by atoms with Crippen LogP contribution in [0.4, 0.5) is 8.78 Å². The lowest BCUT2D eigenvalue weighted by Gasteiger charge is -2.35. The summed E-state index contributed by atoms with van der Waals surface area (Å²) in [6.45, 7) is 0. The van der Waals surface area contributed by atoms with Crippen LogP contribution in [-0.2, 0) is 0 Å². The Labute approximate surface area is 170 Å². The van der Waals surface area contributed by atoms with Gasteiger partial charge < -0.3 is 14.4 Å². The van der Waals surface area contributed by atoms with Crippen molar-refractivity contribution in [3.05, 3.63) is 65.2 Å². The molecule has 2 aromatic carbocycles. The number of benzene rings is 2. The van der Waals surface area contributed by atoms with Gasteiger partial charge in [0.05, 0.1) is 14.2 Å². The van der Waals surface area contributed by atoms with Crippen LogP contribution in [0.25, 0.3) is 5.57 Å². The van der Waals surface area contributed by atoms with E-state index in [4.69, 9.17) is 9.47 Å². The van der Waals surface area contributed by atoms with Crippen molar-refractivity contribution in [2.45, 2.75) is 37.8 Å². The molecule has 2 aliphatic heterocycles. The number of nitrogens with zero attached hydrogens (tertiary/aromatic N) is 1. The number of hydrogen-bond donors (Lipinski definition) is 0. The molecule has 2 aliphatic rings. The Morgan fingerprint density at radius 2 is 1.38 bits per heavy atom. The Kier molecular flexibility index (Phi) is 5.59. The Hall–Kier alpha value is -2.40. The Balaban J connectivity index is 1.85. The molecule has 0 N–H and O–H groups in total. The highest BCUT2D eigenvalue weighted by atomic mass is 19.1. The molecule has 1 unspecified atom stereocenters. The summed E-state index contributed by atoms with van der Waals surface area (Å²) in [6, 6.07) is 10.0. The molecule has 2 saturated heterocycles. The maximum atomic E-state index is 14.2. The van der Waals surface area contributed by atoms with Crippen molar-refractivity contribution in [2.24, 2.45) is 5.92 Å². The summed E-state index contributed by atoms with van der Waals surface area (Å²) in [5.74, 6) is 0.732. The van der Waals surface area contributed by atoms with Crippen molar-refractivity contribution < 1.29 is 18.3 Å². The first-order valence-electron chi connectivity index (χ1n) is 10.1. The highest BCUT2D eigenvalue weighted by molar-refractivity contribution is 5.85.